The minimum absolute atomic E-state index is 0.476. The molecule has 20 heavy (non-hydrogen) atoms. The number of piperazine rings is 1. The normalized spacial score (nSPS) is 27.4. The topological polar surface area (TPSA) is 32.5 Å². The highest BCUT2D eigenvalue weighted by atomic mass is 32.1. The summed E-state index contributed by atoms with van der Waals surface area (Å²) in [5, 5.41) is 0. The number of hydrogen-bond acceptors (Lipinski definition) is 3. The van der Waals surface area contributed by atoms with Gasteiger partial charge in [-0.1, -0.05) is 36.5 Å². The molecular weight excluding hydrogens is 266 g/mol. The van der Waals surface area contributed by atoms with Crippen molar-refractivity contribution in [1.82, 2.24) is 9.80 Å². The Morgan fingerprint density at radius 3 is 2.75 bits per heavy atom. The Bertz CT molecular complexity index is 485. The number of rotatable bonds is 3. The second-order valence-corrected chi connectivity index (χ2v) is 6.57. The van der Waals surface area contributed by atoms with Crippen LogP contribution in [0.15, 0.2) is 24.3 Å². The quantitative estimate of drug-likeness (QED) is 0.863. The summed E-state index contributed by atoms with van der Waals surface area (Å²) in [7, 11) is 0. The lowest BCUT2D eigenvalue weighted by Gasteiger charge is -2.42. The largest absolute Gasteiger partial charge is 0.389 e. The molecule has 0 radical (unpaired) electrons. The fourth-order valence-electron chi connectivity index (χ4n) is 3.48. The van der Waals surface area contributed by atoms with Gasteiger partial charge in [-0.25, -0.2) is 0 Å². The molecule has 2 fully saturated rings. The lowest BCUT2D eigenvalue weighted by Crippen LogP contribution is -2.54. The van der Waals surface area contributed by atoms with Crippen LogP contribution in [0, 0.1) is 0 Å². The summed E-state index contributed by atoms with van der Waals surface area (Å²) in [5.74, 6) is 0. The van der Waals surface area contributed by atoms with E-state index in [1.165, 1.54) is 38.0 Å². The zero-order chi connectivity index (χ0) is 14.1. The maximum absolute atomic E-state index is 5.64. The minimum atomic E-state index is 0.476. The molecule has 0 spiro atoms. The van der Waals surface area contributed by atoms with Crippen LogP contribution in [0.2, 0.25) is 0 Å². The highest BCUT2D eigenvalue weighted by Crippen LogP contribution is 2.25. The molecule has 0 aromatic heterocycles. The molecule has 0 amide bonds. The SMILES string of the molecule is CC1CN2CCCC2CN1Cc1ccc(C(N)=S)cc1. The molecule has 2 aliphatic heterocycles. The van der Waals surface area contributed by atoms with Crippen molar-refractivity contribution >= 4 is 17.2 Å². The van der Waals surface area contributed by atoms with Gasteiger partial charge in [-0.2, -0.15) is 0 Å². The van der Waals surface area contributed by atoms with Crippen molar-refractivity contribution in [3.05, 3.63) is 35.4 Å². The van der Waals surface area contributed by atoms with Crippen molar-refractivity contribution < 1.29 is 0 Å². The molecule has 3 rings (SSSR count). The fourth-order valence-corrected chi connectivity index (χ4v) is 3.61. The zero-order valence-corrected chi connectivity index (χ0v) is 12.9. The molecule has 2 aliphatic rings. The van der Waals surface area contributed by atoms with Crippen LogP contribution in [0.1, 0.15) is 30.9 Å². The van der Waals surface area contributed by atoms with Crippen LogP contribution >= 0.6 is 12.2 Å². The molecule has 108 valence electrons. The van der Waals surface area contributed by atoms with Gasteiger partial charge in [0.2, 0.25) is 0 Å². The molecule has 2 unspecified atom stereocenters. The van der Waals surface area contributed by atoms with Crippen molar-refractivity contribution in [2.75, 3.05) is 19.6 Å². The maximum atomic E-state index is 5.64. The number of hydrogen-bond donors (Lipinski definition) is 1. The Morgan fingerprint density at radius 2 is 2.05 bits per heavy atom. The maximum Gasteiger partial charge on any atom is 0.103 e. The highest BCUT2D eigenvalue weighted by molar-refractivity contribution is 7.80. The molecule has 2 heterocycles. The standard InChI is InChI=1S/C16H23N3S/c1-12-9-18-8-2-3-15(18)11-19(12)10-13-4-6-14(7-5-13)16(17)20/h4-7,12,15H,2-3,8-11H2,1H3,(H2,17,20). The molecule has 4 heteroatoms. The predicted octanol–water partition coefficient (Wildman–Crippen LogP) is 1.99. The zero-order valence-electron chi connectivity index (χ0n) is 12.1. The summed E-state index contributed by atoms with van der Waals surface area (Å²) in [6, 6.07) is 9.80. The first-order chi connectivity index (χ1) is 9.63. The molecule has 0 aliphatic carbocycles. The van der Waals surface area contributed by atoms with Crippen LogP contribution in [0.25, 0.3) is 0 Å². The Morgan fingerprint density at radius 1 is 1.30 bits per heavy atom. The van der Waals surface area contributed by atoms with Crippen LogP contribution in [0.5, 0.6) is 0 Å². The Kier molecular flexibility index (Phi) is 4.06. The summed E-state index contributed by atoms with van der Waals surface area (Å²) in [5.41, 5.74) is 7.95. The van der Waals surface area contributed by atoms with Crippen LogP contribution < -0.4 is 5.73 Å². The first-order valence-electron chi connectivity index (χ1n) is 7.50. The second kappa shape index (κ2) is 5.80. The van der Waals surface area contributed by atoms with Gasteiger partial charge in [0.25, 0.3) is 0 Å². The van der Waals surface area contributed by atoms with Crippen LogP contribution in [-0.2, 0) is 6.54 Å². The predicted molar refractivity (Wildman–Crippen MR) is 86.8 cm³/mol. The molecule has 2 atom stereocenters. The molecule has 1 aromatic rings. The van der Waals surface area contributed by atoms with Gasteiger partial charge < -0.3 is 5.73 Å². The van der Waals surface area contributed by atoms with Gasteiger partial charge in [0.1, 0.15) is 4.99 Å². The number of fused-ring (bicyclic) bond motifs is 1. The Hall–Kier alpha value is -0.970. The van der Waals surface area contributed by atoms with E-state index >= 15 is 0 Å². The third kappa shape index (κ3) is 2.87. The van der Waals surface area contributed by atoms with E-state index < -0.39 is 0 Å². The summed E-state index contributed by atoms with van der Waals surface area (Å²) >= 11 is 5.00. The van der Waals surface area contributed by atoms with Gasteiger partial charge in [0, 0.05) is 37.3 Å². The molecular formula is C16H23N3S. The van der Waals surface area contributed by atoms with Gasteiger partial charge in [-0.3, -0.25) is 9.80 Å². The number of benzene rings is 1. The minimum Gasteiger partial charge on any atom is -0.389 e. The first-order valence-corrected chi connectivity index (χ1v) is 7.91. The van der Waals surface area contributed by atoms with Gasteiger partial charge in [0.15, 0.2) is 0 Å². The van der Waals surface area contributed by atoms with Crippen LogP contribution in [0.4, 0.5) is 0 Å². The van der Waals surface area contributed by atoms with E-state index in [0.717, 1.165) is 18.2 Å². The summed E-state index contributed by atoms with van der Waals surface area (Å²) < 4.78 is 0. The van der Waals surface area contributed by atoms with Crippen molar-refractivity contribution in [2.24, 2.45) is 5.73 Å². The van der Waals surface area contributed by atoms with Gasteiger partial charge in [0.05, 0.1) is 0 Å². The summed E-state index contributed by atoms with van der Waals surface area (Å²) in [6.07, 6.45) is 2.73. The lowest BCUT2D eigenvalue weighted by atomic mass is 10.1. The van der Waals surface area contributed by atoms with Crippen molar-refractivity contribution in [3.63, 3.8) is 0 Å². The van der Waals surface area contributed by atoms with Crippen LogP contribution in [0.3, 0.4) is 0 Å². The van der Waals surface area contributed by atoms with E-state index in [4.69, 9.17) is 18.0 Å². The monoisotopic (exact) mass is 289 g/mol. The molecule has 3 nitrogen and oxygen atoms in total. The van der Waals surface area contributed by atoms with E-state index in [1.54, 1.807) is 0 Å². The van der Waals surface area contributed by atoms with Crippen LogP contribution in [-0.4, -0.2) is 46.5 Å². The molecule has 0 saturated carbocycles. The van der Waals surface area contributed by atoms with E-state index in [1.807, 2.05) is 12.1 Å². The van der Waals surface area contributed by atoms with E-state index in [9.17, 15) is 0 Å². The van der Waals surface area contributed by atoms with E-state index in [2.05, 4.69) is 28.9 Å². The lowest BCUT2D eigenvalue weighted by molar-refractivity contribution is 0.0540. The number of thiocarbonyl (C=S) groups is 1. The smallest absolute Gasteiger partial charge is 0.103 e. The average molecular weight is 289 g/mol. The molecule has 2 saturated heterocycles. The highest BCUT2D eigenvalue weighted by Gasteiger charge is 2.34. The third-order valence-corrected chi connectivity index (χ3v) is 4.93. The Balaban J connectivity index is 1.66. The second-order valence-electron chi connectivity index (χ2n) is 6.13. The third-order valence-electron chi connectivity index (χ3n) is 4.69. The average Bonchev–Trinajstić information content (AvgIpc) is 2.87. The van der Waals surface area contributed by atoms with E-state index in [-0.39, 0.29) is 0 Å². The number of nitrogens with zero attached hydrogens (tertiary/aromatic N) is 2. The van der Waals surface area contributed by atoms with Gasteiger partial charge in [-0.15, -0.1) is 0 Å². The molecule has 1 aromatic carbocycles. The fraction of sp³-hybridized carbons (Fsp3) is 0.562. The van der Waals surface area contributed by atoms with E-state index in [0.29, 0.717) is 11.0 Å². The van der Waals surface area contributed by atoms with Gasteiger partial charge in [-0.05, 0) is 31.9 Å². The molecule has 2 N–H and O–H groups in total. The van der Waals surface area contributed by atoms with Crippen molar-refractivity contribution in [2.45, 2.75) is 38.4 Å². The van der Waals surface area contributed by atoms with Crippen molar-refractivity contribution in [1.29, 1.82) is 0 Å². The Labute approximate surface area is 126 Å². The first kappa shape index (κ1) is 14.0. The van der Waals surface area contributed by atoms with Crippen molar-refractivity contribution in [3.8, 4) is 0 Å². The summed E-state index contributed by atoms with van der Waals surface area (Å²) in [4.78, 5) is 5.75. The summed E-state index contributed by atoms with van der Waals surface area (Å²) in [6.45, 7) is 7.10. The van der Waals surface area contributed by atoms with Gasteiger partial charge >= 0.3 is 0 Å². The molecule has 0 bridgehead atoms. The number of nitrogens with two attached hydrogens (primary N) is 1.